The molecule has 1 aromatic rings. The summed E-state index contributed by atoms with van der Waals surface area (Å²) in [7, 11) is 1.68. The van der Waals surface area contributed by atoms with Gasteiger partial charge in [-0.05, 0) is 17.9 Å². The number of hydrogen-bond acceptors (Lipinski definition) is 2. The third-order valence-electron chi connectivity index (χ3n) is 4.03. The molecule has 1 fully saturated rings. The third kappa shape index (κ3) is 3.56. The van der Waals surface area contributed by atoms with Gasteiger partial charge in [0.1, 0.15) is 6.10 Å². The third-order valence-corrected chi connectivity index (χ3v) is 4.03. The monoisotopic (exact) mass is 248 g/mol. The molecule has 0 spiro atoms. The summed E-state index contributed by atoms with van der Waals surface area (Å²) >= 11 is 0. The van der Waals surface area contributed by atoms with Crippen LogP contribution in [0.5, 0.6) is 0 Å². The summed E-state index contributed by atoms with van der Waals surface area (Å²) in [6, 6.07) is 10.0. The van der Waals surface area contributed by atoms with Gasteiger partial charge in [0.05, 0.1) is 6.10 Å². The molecule has 0 bridgehead atoms. The number of benzene rings is 1. The molecule has 2 unspecified atom stereocenters. The summed E-state index contributed by atoms with van der Waals surface area (Å²) in [5, 5.41) is 10.4. The minimum atomic E-state index is -0.388. The summed E-state index contributed by atoms with van der Waals surface area (Å²) in [5.74, 6) is 0.676. The molecule has 0 amide bonds. The Hall–Kier alpha value is -0.860. The van der Waals surface area contributed by atoms with Gasteiger partial charge < -0.3 is 9.84 Å². The van der Waals surface area contributed by atoms with Crippen molar-refractivity contribution in [1.29, 1.82) is 0 Å². The van der Waals surface area contributed by atoms with E-state index in [1.165, 1.54) is 32.1 Å². The number of aliphatic hydroxyl groups excluding tert-OH is 1. The first kappa shape index (κ1) is 13.6. The van der Waals surface area contributed by atoms with E-state index in [0.717, 1.165) is 12.0 Å². The van der Waals surface area contributed by atoms with Crippen molar-refractivity contribution >= 4 is 0 Å². The molecule has 1 saturated carbocycles. The molecule has 0 aromatic heterocycles. The standard InChI is InChI=1S/C16H24O2/c1-18-16(14-10-6-3-7-11-14)15(17)12-13-8-4-2-5-9-13/h3,6-7,10-11,13,15-17H,2,4-5,8-9,12H2,1H3. The molecule has 0 radical (unpaired) electrons. The van der Waals surface area contributed by atoms with Gasteiger partial charge in [-0.25, -0.2) is 0 Å². The number of ether oxygens (including phenoxy) is 1. The van der Waals surface area contributed by atoms with E-state index in [-0.39, 0.29) is 12.2 Å². The van der Waals surface area contributed by atoms with Crippen molar-refractivity contribution in [2.45, 2.75) is 50.7 Å². The molecule has 100 valence electrons. The summed E-state index contributed by atoms with van der Waals surface area (Å²) in [4.78, 5) is 0. The minimum absolute atomic E-state index is 0.187. The van der Waals surface area contributed by atoms with Crippen molar-refractivity contribution < 1.29 is 9.84 Å². The van der Waals surface area contributed by atoms with Crippen LogP contribution in [-0.4, -0.2) is 18.3 Å². The lowest BCUT2D eigenvalue weighted by atomic mass is 9.84. The molecule has 18 heavy (non-hydrogen) atoms. The van der Waals surface area contributed by atoms with E-state index in [1.54, 1.807) is 7.11 Å². The Morgan fingerprint density at radius 1 is 1.17 bits per heavy atom. The smallest absolute Gasteiger partial charge is 0.108 e. The highest BCUT2D eigenvalue weighted by molar-refractivity contribution is 5.18. The molecule has 1 N–H and O–H groups in total. The Kier molecular flexibility index (Phi) is 5.21. The largest absolute Gasteiger partial charge is 0.390 e. The second kappa shape index (κ2) is 6.91. The van der Waals surface area contributed by atoms with E-state index < -0.39 is 0 Å². The Morgan fingerprint density at radius 2 is 1.83 bits per heavy atom. The van der Waals surface area contributed by atoms with Crippen LogP contribution in [0.2, 0.25) is 0 Å². The molecule has 2 heteroatoms. The zero-order valence-electron chi connectivity index (χ0n) is 11.2. The average molecular weight is 248 g/mol. The molecule has 0 aliphatic heterocycles. The van der Waals surface area contributed by atoms with Crippen molar-refractivity contribution in [1.82, 2.24) is 0 Å². The Labute approximate surface area is 110 Å². The van der Waals surface area contributed by atoms with Gasteiger partial charge in [-0.1, -0.05) is 62.4 Å². The van der Waals surface area contributed by atoms with Gasteiger partial charge in [0, 0.05) is 7.11 Å². The van der Waals surface area contributed by atoms with E-state index in [2.05, 4.69) is 0 Å². The van der Waals surface area contributed by atoms with Crippen LogP contribution >= 0.6 is 0 Å². The van der Waals surface area contributed by atoms with E-state index in [4.69, 9.17) is 4.74 Å². The maximum Gasteiger partial charge on any atom is 0.108 e. The fourth-order valence-corrected chi connectivity index (χ4v) is 3.05. The lowest BCUT2D eigenvalue weighted by molar-refractivity contribution is -0.0271. The second-order valence-electron chi connectivity index (χ2n) is 5.37. The van der Waals surface area contributed by atoms with Gasteiger partial charge in [-0.15, -0.1) is 0 Å². The molecule has 1 aromatic carbocycles. The number of aliphatic hydroxyl groups is 1. The van der Waals surface area contributed by atoms with Crippen LogP contribution in [0.4, 0.5) is 0 Å². The van der Waals surface area contributed by atoms with Crippen molar-refractivity contribution in [2.75, 3.05) is 7.11 Å². The molecule has 2 nitrogen and oxygen atoms in total. The Balaban J connectivity index is 1.94. The lowest BCUT2D eigenvalue weighted by Gasteiger charge is -2.28. The van der Waals surface area contributed by atoms with Crippen LogP contribution in [0.15, 0.2) is 30.3 Å². The summed E-state index contributed by atoms with van der Waals surface area (Å²) < 4.78 is 5.49. The van der Waals surface area contributed by atoms with E-state index in [0.29, 0.717) is 5.92 Å². The van der Waals surface area contributed by atoms with Crippen LogP contribution in [-0.2, 0) is 4.74 Å². The predicted octanol–water partition coefficient (Wildman–Crippen LogP) is 3.71. The molecule has 2 rings (SSSR count). The van der Waals surface area contributed by atoms with Crippen LogP contribution in [0.25, 0.3) is 0 Å². The Morgan fingerprint density at radius 3 is 2.44 bits per heavy atom. The highest BCUT2D eigenvalue weighted by atomic mass is 16.5. The van der Waals surface area contributed by atoms with Crippen molar-refractivity contribution in [3.05, 3.63) is 35.9 Å². The van der Waals surface area contributed by atoms with E-state index >= 15 is 0 Å². The zero-order valence-corrected chi connectivity index (χ0v) is 11.2. The molecular formula is C16H24O2. The van der Waals surface area contributed by atoms with Crippen molar-refractivity contribution in [3.63, 3.8) is 0 Å². The number of hydrogen-bond donors (Lipinski definition) is 1. The highest BCUT2D eigenvalue weighted by Crippen LogP contribution is 2.31. The van der Waals surface area contributed by atoms with Crippen LogP contribution in [0.1, 0.15) is 50.2 Å². The van der Waals surface area contributed by atoms with Gasteiger partial charge in [0.2, 0.25) is 0 Å². The SMILES string of the molecule is COC(c1ccccc1)C(O)CC1CCCCC1. The first-order valence-corrected chi connectivity index (χ1v) is 7.07. The van der Waals surface area contributed by atoms with Gasteiger partial charge >= 0.3 is 0 Å². The fourth-order valence-electron chi connectivity index (χ4n) is 3.05. The van der Waals surface area contributed by atoms with Crippen LogP contribution in [0.3, 0.4) is 0 Å². The lowest BCUT2D eigenvalue weighted by Crippen LogP contribution is -2.24. The van der Waals surface area contributed by atoms with E-state index in [1.807, 2.05) is 30.3 Å². The molecule has 1 aliphatic carbocycles. The molecular weight excluding hydrogens is 224 g/mol. The van der Waals surface area contributed by atoms with Crippen molar-refractivity contribution in [2.24, 2.45) is 5.92 Å². The summed E-state index contributed by atoms with van der Waals surface area (Å²) in [6.45, 7) is 0. The van der Waals surface area contributed by atoms with Crippen molar-refractivity contribution in [3.8, 4) is 0 Å². The minimum Gasteiger partial charge on any atom is -0.390 e. The molecule has 0 heterocycles. The topological polar surface area (TPSA) is 29.5 Å². The van der Waals surface area contributed by atoms with Crippen LogP contribution in [0, 0.1) is 5.92 Å². The summed E-state index contributed by atoms with van der Waals surface area (Å²) in [5.41, 5.74) is 1.07. The van der Waals surface area contributed by atoms with Gasteiger partial charge in [0.15, 0.2) is 0 Å². The van der Waals surface area contributed by atoms with Gasteiger partial charge in [0.25, 0.3) is 0 Å². The predicted molar refractivity (Wildman–Crippen MR) is 73.4 cm³/mol. The number of rotatable bonds is 5. The maximum absolute atomic E-state index is 10.4. The quantitative estimate of drug-likeness (QED) is 0.861. The number of methoxy groups -OCH3 is 1. The van der Waals surface area contributed by atoms with Gasteiger partial charge in [-0.3, -0.25) is 0 Å². The zero-order chi connectivity index (χ0) is 12.8. The second-order valence-corrected chi connectivity index (χ2v) is 5.37. The van der Waals surface area contributed by atoms with Crippen LogP contribution < -0.4 is 0 Å². The normalized spacial score (nSPS) is 20.6. The first-order chi connectivity index (χ1) is 8.81. The first-order valence-electron chi connectivity index (χ1n) is 7.07. The fraction of sp³-hybridized carbons (Fsp3) is 0.625. The molecule has 2 atom stereocenters. The molecule has 0 saturated heterocycles. The van der Waals surface area contributed by atoms with E-state index in [9.17, 15) is 5.11 Å². The maximum atomic E-state index is 10.4. The average Bonchev–Trinajstić information content (AvgIpc) is 2.42. The summed E-state index contributed by atoms with van der Waals surface area (Å²) in [6.07, 6.45) is 6.83. The van der Waals surface area contributed by atoms with Gasteiger partial charge in [-0.2, -0.15) is 0 Å². The molecule has 1 aliphatic rings. The highest BCUT2D eigenvalue weighted by Gasteiger charge is 2.25. The Bertz CT molecular complexity index is 330.